The van der Waals surface area contributed by atoms with Gasteiger partial charge in [-0.25, -0.2) is 9.97 Å². The maximum absolute atomic E-state index is 7.70. The van der Waals surface area contributed by atoms with Crippen LogP contribution >= 0.6 is 0 Å². The highest BCUT2D eigenvalue weighted by Crippen LogP contribution is 2.67. The lowest BCUT2D eigenvalue weighted by molar-refractivity contribution is 0.373. The second-order valence-electron chi connectivity index (χ2n) is 23.5. The minimum atomic E-state index is -0.888. The van der Waals surface area contributed by atoms with Crippen molar-refractivity contribution in [2.45, 2.75) is 81.5 Å². The fourth-order valence-electron chi connectivity index (χ4n) is 15.4. The zero-order valence-corrected chi connectivity index (χ0v) is 45.8. The molecule has 8 nitrogen and oxygen atoms in total. The first kappa shape index (κ1) is 47.0. The average molecular weight is 1080 g/mol. The Balaban J connectivity index is 1.01. The Hall–Kier alpha value is -9.66. The van der Waals surface area contributed by atoms with Crippen molar-refractivity contribution in [2.75, 3.05) is 9.80 Å². The molecule has 2 fully saturated rings. The number of benzene rings is 10. The van der Waals surface area contributed by atoms with Gasteiger partial charge in [0.15, 0.2) is 34.1 Å². The summed E-state index contributed by atoms with van der Waals surface area (Å²) in [5.74, 6) is 1.94. The van der Waals surface area contributed by atoms with Gasteiger partial charge in [0.2, 0.25) is 0 Å². The molecule has 18 rings (SSSR count). The molecule has 10 aromatic carbocycles. The van der Waals surface area contributed by atoms with Gasteiger partial charge in [0.05, 0.1) is 28.2 Å². The molecule has 2 saturated carbocycles. The summed E-state index contributed by atoms with van der Waals surface area (Å²) in [5.41, 5.74) is 20.2. The van der Waals surface area contributed by atoms with Crippen LogP contribution in [0.1, 0.15) is 110 Å². The van der Waals surface area contributed by atoms with Crippen molar-refractivity contribution in [3.8, 4) is 22.3 Å². The third-order valence-corrected chi connectivity index (χ3v) is 19.0. The van der Waals surface area contributed by atoms with Crippen LogP contribution in [0.25, 0.3) is 88.3 Å². The van der Waals surface area contributed by atoms with E-state index in [2.05, 4.69) is 204 Å². The lowest BCUT2D eigenvalue weighted by Gasteiger charge is -2.33. The van der Waals surface area contributed by atoms with E-state index in [-0.39, 0.29) is 11.8 Å². The first-order valence-electron chi connectivity index (χ1n) is 29.9. The molecular weight excluding hydrogens is 1020 g/mol. The van der Waals surface area contributed by atoms with E-state index in [1.807, 2.05) is 12.1 Å². The van der Waals surface area contributed by atoms with Crippen molar-refractivity contribution in [3.63, 3.8) is 0 Å². The zero-order valence-electron chi connectivity index (χ0n) is 45.8. The van der Waals surface area contributed by atoms with E-state index in [0.29, 0.717) is 0 Å². The Morgan fingerprint density at radius 3 is 1.19 bits per heavy atom. The van der Waals surface area contributed by atoms with Crippen LogP contribution in [0.2, 0.25) is 0 Å². The Morgan fingerprint density at radius 1 is 0.337 bits per heavy atom. The van der Waals surface area contributed by atoms with E-state index in [9.17, 15) is 0 Å². The zero-order chi connectivity index (χ0) is 54.3. The van der Waals surface area contributed by atoms with Gasteiger partial charge in [-0.2, -0.15) is 0 Å². The molecule has 0 atom stereocenters. The highest BCUT2D eigenvalue weighted by molar-refractivity contribution is 6.18. The molecule has 4 aliphatic rings. The number of hydrogen-bond donors (Lipinski definition) is 0. The number of oxazole rings is 2. The van der Waals surface area contributed by atoms with Crippen molar-refractivity contribution in [2.24, 2.45) is 0 Å². The van der Waals surface area contributed by atoms with E-state index >= 15 is 0 Å². The number of rotatable bonds is 8. The van der Waals surface area contributed by atoms with Crippen molar-refractivity contribution in [3.05, 3.63) is 240 Å². The topological polar surface area (TPSA) is 84.8 Å². The van der Waals surface area contributed by atoms with E-state index in [1.165, 1.54) is 35.1 Å². The van der Waals surface area contributed by atoms with E-state index in [4.69, 9.17) is 27.6 Å². The lowest BCUT2D eigenvalue weighted by Crippen LogP contribution is -2.26. The summed E-state index contributed by atoms with van der Waals surface area (Å²) in [6.45, 7) is 0. The molecule has 400 valence electrons. The second-order valence-corrected chi connectivity index (χ2v) is 23.5. The summed E-state index contributed by atoms with van der Waals surface area (Å²) in [5, 5.41) is 4.26. The van der Waals surface area contributed by atoms with Crippen LogP contribution < -0.4 is 9.80 Å². The van der Waals surface area contributed by atoms with Gasteiger partial charge < -0.3 is 27.5 Å². The molecule has 1 spiro atoms. The monoisotopic (exact) mass is 1080 g/mol. The quantitative estimate of drug-likeness (QED) is 0.149. The van der Waals surface area contributed by atoms with Gasteiger partial charge in [-0.1, -0.05) is 184 Å². The number of anilines is 6. The molecule has 4 aromatic heterocycles. The van der Waals surface area contributed by atoms with Gasteiger partial charge in [0.1, 0.15) is 22.2 Å². The molecule has 0 unspecified atom stereocenters. The summed E-state index contributed by atoms with van der Waals surface area (Å²) in [7, 11) is 0. The number of hydrogen-bond acceptors (Lipinski definition) is 8. The maximum Gasteiger partial charge on any atom is 0.198 e. The third kappa shape index (κ3) is 6.75. The molecule has 4 aliphatic carbocycles. The summed E-state index contributed by atoms with van der Waals surface area (Å²) < 4.78 is 29.4. The van der Waals surface area contributed by atoms with Crippen molar-refractivity contribution >= 4 is 100 Å². The third-order valence-electron chi connectivity index (χ3n) is 19.0. The minimum absolute atomic E-state index is 0.178. The van der Waals surface area contributed by atoms with Crippen molar-refractivity contribution < 1.29 is 17.7 Å². The van der Waals surface area contributed by atoms with Crippen LogP contribution in [0.3, 0.4) is 0 Å². The van der Waals surface area contributed by atoms with Crippen LogP contribution in [0.4, 0.5) is 34.1 Å². The molecule has 0 saturated heterocycles. The number of fused-ring (bicyclic) bond motifs is 20. The van der Waals surface area contributed by atoms with Crippen LogP contribution in [0.15, 0.2) is 224 Å². The molecule has 0 N–H and O–H groups in total. The van der Waals surface area contributed by atoms with Gasteiger partial charge in [0.25, 0.3) is 0 Å². The normalized spacial score (nSPS) is 15.7. The molecule has 8 heteroatoms. The van der Waals surface area contributed by atoms with E-state index in [0.717, 1.165) is 186 Å². The van der Waals surface area contributed by atoms with E-state index in [1.54, 1.807) is 0 Å². The predicted octanol–water partition coefficient (Wildman–Crippen LogP) is 21.1. The summed E-state index contributed by atoms with van der Waals surface area (Å²) in [6, 6.07) is 74.3. The molecule has 14 aromatic rings. The predicted molar refractivity (Wildman–Crippen MR) is 333 cm³/mol. The summed E-state index contributed by atoms with van der Waals surface area (Å²) >= 11 is 0. The number of nitrogens with zero attached hydrogens (tertiary/aromatic N) is 4. The van der Waals surface area contributed by atoms with Crippen LogP contribution in [-0.2, 0) is 5.41 Å². The molecule has 0 radical (unpaired) electrons. The molecular formula is C75H56N4O4. The number of aromatic nitrogens is 2. The standard InChI is InChI=1S/C75H56N4O4/c1-5-23-45(24-6-1)73-76-67-61(78(47-27-9-3-10-28-47)59-39-21-35-53-51-33-15-19-41-63(51)80-69(53)59)43-57-65(71(67)82-73)66-58(75(57)55-37-17-13-31-49(55)50-32-14-18-38-56(50)75)44-62(68-72(66)83-74(77-68)46-25-7-2-8-26-46)79(48-29-11-4-12-30-48)60-40-22-36-54-52-34-16-20-42-64(52)81-70(54)60/h3-4,9-22,27-46H,1-2,5-8,23-26H2. The Bertz CT molecular complexity index is 4610. The van der Waals surface area contributed by atoms with Crippen LogP contribution in [-0.4, -0.2) is 9.97 Å². The second kappa shape index (κ2) is 18.2. The fourth-order valence-corrected chi connectivity index (χ4v) is 15.4. The first-order valence-corrected chi connectivity index (χ1v) is 29.9. The smallest absolute Gasteiger partial charge is 0.198 e. The number of furan rings is 2. The van der Waals surface area contributed by atoms with Crippen molar-refractivity contribution in [1.29, 1.82) is 0 Å². The van der Waals surface area contributed by atoms with E-state index < -0.39 is 5.41 Å². The molecule has 0 amide bonds. The van der Waals surface area contributed by atoms with Gasteiger partial charge in [-0.15, -0.1) is 0 Å². The van der Waals surface area contributed by atoms with Gasteiger partial charge in [0, 0.05) is 55.9 Å². The van der Waals surface area contributed by atoms with Crippen molar-refractivity contribution in [1.82, 2.24) is 9.97 Å². The molecule has 0 bridgehead atoms. The highest BCUT2D eigenvalue weighted by Gasteiger charge is 2.55. The Labute approximate surface area is 479 Å². The average Bonchev–Trinajstić information content (AvgIpc) is 1.56. The summed E-state index contributed by atoms with van der Waals surface area (Å²) in [4.78, 5) is 16.4. The Kier molecular flexibility index (Phi) is 10.3. The largest absolute Gasteiger partial charge is 0.454 e. The van der Waals surface area contributed by atoms with Crippen LogP contribution in [0.5, 0.6) is 0 Å². The fraction of sp³-hybridized carbons (Fsp3) is 0.173. The Morgan fingerprint density at radius 2 is 0.735 bits per heavy atom. The SMILES string of the molecule is c1ccc(N(c2cc3c(c4oc(C5CCCCC5)nc24)-c2c(cc(N(c4ccccc4)c4cccc5c4oc4ccccc45)c4nc(C5CCCCC5)oc24)C32c3ccccc3-c3ccccc32)c2cccc3c2oc2ccccc23)cc1. The minimum Gasteiger partial charge on any atom is -0.454 e. The van der Waals surface area contributed by atoms with Crippen LogP contribution in [0, 0.1) is 0 Å². The molecule has 0 aliphatic heterocycles. The molecule has 4 heterocycles. The van der Waals surface area contributed by atoms with Gasteiger partial charge >= 0.3 is 0 Å². The molecule has 83 heavy (non-hydrogen) atoms. The highest BCUT2D eigenvalue weighted by atomic mass is 16.4. The maximum atomic E-state index is 7.70. The lowest BCUT2D eigenvalue weighted by atomic mass is 9.70. The first-order chi connectivity index (χ1) is 41.2. The van der Waals surface area contributed by atoms with Gasteiger partial charge in [-0.3, -0.25) is 0 Å². The number of para-hydroxylation sites is 6. The summed E-state index contributed by atoms with van der Waals surface area (Å²) in [6.07, 6.45) is 11.1. The van der Waals surface area contributed by atoms with Gasteiger partial charge in [-0.05, 0) is 120 Å².